The molecule has 0 bridgehead atoms. The summed E-state index contributed by atoms with van der Waals surface area (Å²) >= 11 is 0. The minimum atomic E-state index is -0.166. The molecule has 1 N–H and O–H groups in total. The summed E-state index contributed by atoms with van der Waals surface area (Å²) in [5.74, 6) is 2.97. The maximum atomic E-state index is 12.9. The van der Waals surface area contributed by atoms with Gasteiger partial charge in [0.15, 0.2) is 11.5 Å². The third-order valence-corrected chi connectivity index (χ3v) is 5.41. The smallest absolute Gasteiger partial charge is 0.240 e. The first-order valence-electron chi connectivity index (χ1n) is 10.8. The predicted molar refractivity (Wildman–Crippen MR) is 128 cm³/mol. The lowest BCUT2D eigenvalue weighted by Crippen LogP contribution is -2.28. The number of carbonyl (C=O) groups is 1. The van der Waals surface area contributed by atoms with Gasteiger partial charge in [-0.25, -0.2) is 4.98 Å². The fourth-order valence-electron chi connectivity index (χ4n) is 3.70. The second-order valence-electron chi connectivity index (χ2n) is 7.50. The molecule has 0 saturated heterocycles. The molecule has 0 radical (unpaired) electrons. The number of benzene rings is 3. The number of nitrogens with zero attached hydrogens (tertiary/aromatic N) is 2. The molecule has 0 aliphatic heterocycles. The number of ether oxygens (including phenoxy) is 4. The number of hydrogen-bond donors (Lipinski definition) is 1. The molecule has 176 valence electrons. The number of methoxy groups -OCH3 is 3. The van der Waals surface area contributed by atoms with Crippen LogP contribution >= 0.6 is 0 Å². The number of aromatic nitrogens is 2. The summed E-state index contributed by atoms with van der Waals surface area (Å²) in [6.45, 7) is 0.615. The first kappa shape index (κ1) is 23.0. The first-order valence-corrected chi connectivity index (χ1v) is 10.8. The molecule has 0 aliphatic carbocycles. The van der Waals surface area contributed by atoms with Gasteiger partial charge in [0, 0.05) is 18.2 Å². The number of imidazole rings is 1. The molecular formula is C26H27N3O5. The van der Waals surface area contributed by atoms with Crippen LogP contribution < -0.4 is 24.3 Å². The topological polar surface area (TPSA) is 83.8 Å². The molecule has 34 heavy (non-hydrogen) atoms. The van der Waals surface area contributed by atoms with Crippen molar-refractivity contribution in [3.05, 3.63) is 78.1 Å². The Bertz CT molecular complexity index is 1270. The standard InChI is InChI=1S/C26H27N3O5/c1-31-22-14-24(33-3)23(32-2)13-18(22)15-27-26(30)16-29-21-12-8-7-11-20(21)28-25(29)17-34-19-9-5-4-6-10-19/h4-14H,15-17H2,1-3H3,(H,27,30). The molecule has 3 aromatic carbocycles. The fourth-order valence-corrected chi connectivity index (χ4v) is 3.70. The summed E-state index contributed by atoms with van der Waals surface area (Å²) in [4.78, 5) is 17.6. The van der Waals surface area contributed by atoms with E-state index in [1.807, 2.05) is 59.2 Å². The van der Waals surface area contributed by atoms with Crippen molar-refractivity contribution in [1.29, 1.82) is 0 Å². The van der Waals surface area contributed by atoms with Crippen LogP contribution in [0, 0.1) is 0 Å². The molecule has 0 saturated carbocycles. The summed E-state index contributed by atoms with van der Waals surface area (Å²) in [7, 11) is 4.70. The molecule has 4 rings (SSSR count). The van der Waals surface area contributed by atoms with Gasteiger partial charge in [0.2, 0.25) is 5.91 Å². The van der Waals surface area contributed by atoms with Crippen LogP contribution in [-0.4, -0.2) is 36.8 Å². The van der Waals surface area contributed by atoms with Crippen molar-refractivity contribution < 1.29 is 23.7 Å². The van der Waals surface area contributed by atoms with E-state index >= 15 is 0 Å². The number of rotatable bonds is 10. The first-order chi connectivity index (χ1) is 16.6. The molecule has 4 aromatic rings. The number of para-hydroxylation sites is 3. The Kier molecular flexibility index (Phi) is 7.17. The van der Waals surface area contributed by atoms with Crippen molar-refractivity contribution >= 4 is 16.9 Å². The van der Waals surface area contributed by atoms with Crippen LogP contribution in [0.5, 0.6) is 23.0 Å². The van der Waals surface area contributed by atoms with Gasteiger partial charge in [-0.3, -0.25) is 4.79 Å². The van der Waals surface area contributed by atoms with Gasteiger partial charge in [-0.15, -0.1) is 0 Å². The van der Waals surface area contributed by atoms with Gasteiger partial charge in [-0.2, -0.15) is 0 Å². The Morgan fingerprint density at radius 3 is 2.29 bits per heavy atom. The van der Waals surface area contributed by atoms with E-state index in [2.05, 4.69) is 10.3 Å². The molecule has 8 nitrogen and oxygen atoms in total. The minimum absolute atomic E-state index is 0.101. The third kappa shape index (κ3) is 5.06. The quantitative estimate of drug-likeness (QED) is 0.385. The van der Waals surface area contributed by atoms with Crippen molar-refractivity contribution in [2.75, 3.05) is 21.3 Å². The number of fused-ring (bicyclic) bond motifs is 1. The maximum absolute atomic E-state index is 12.9. The number of carbonyl (C=O) groups excluding carboxylic acids is 1. The van der Waals surface area contributed by atoms with Crippen LogP contribution in [0.25, 0.3) is 11.0 Å². The van der Waals surface area contributed by atoms with E-state index in [1.165, 1.54) is 0 Å². The van der Waals surface area contributed by atoms with E-state index in [9.17, 15) is 4.79 Å². The highest BCUT2D eigenvalue weighted by Gasteiger charge is 2.16. The lowest BCUT2D eigenvalue weighted by molar-refractivity contribution is -0.121. The van der Waals surface area contributed by atoms with Gasteiger partial charge in [-0.1, -0.05) is 30.3 Å². The largest absolute Gasteiger partial charge is 0.496 e. The molecule has 8 heteroatoms. The SMILES string of the molecule is COc1cc(OC)c(OC)cc1CNC(=O)Cn1c(COc2ccccc2)nc2ccccc21. The predicted octanol–water partition coefficient (Wildman–Crippen LogP) is 3.96. The minimum Gasteiger partial charge on any atom is -0.496 e. The van der Waals surface area contributed by atoms with Crippen LogP contribution in [0.2, 0.25) is 0 Å². The van der Waals surface area contributed by atoms with E-state index in [-0.39, 0.29) is 25.6 Å². The van der Waals surface area contributed by atoms with Crippen molar-refractivity contribution in [3.8, 4) is 23.0 Å². The van der Waals surface area contributed by atoms with E-state index in [4.69, 9.17) is 18.9 Å². The number of hydrogen-bond acceptors (Lipinski definition) is 6. The van der Waals surface area contributed by atoms with E-state index in [1.54, 1.807) is 33.5 Å². The third-order valence-electron chi connectivity index (χ3n) is 5.41. The molecular weight excluding hydrogens is 434 g/mol. The Morgan fingerprint density at radius 1 is 0.882 bits per heavy atom. The highest BCUT2D eigenvalue weighted by Crippen LogP contribution is 2.34. The van der Waals surface area contributed by atoms with Gasteiger partial charge in [0.25, 0.3) is 0 Å². The molecule has 0 fully saturated rings. The van der Waals surface area contributed by atoms with Crippen molar-refractivity contribution in [2.24, 2.45) is 0 Å². The zero-order valence-electron chi connectivity index (χ0n) is 19.4. The normalized spacial score (nSPS) is 10.7. The summed E-state index contributed by atoms with van der Waals surface area (Å²) in [5.41, 5.74) is 2.45. The molecule has 0 aliphatic rings. The summed E-state index contributed by atoms with van der Waals surface area (Å²) in [6.07, 6.45) is 0. The van der Waals surface area contributed by atoms with Crippen molar-refractivity contribution in [1.82, 2.24) is 14.9 Å². The molecule has 0 atom stereocenters. The van der Waals surface area contributed by atoms with E-state index in [0.29, 0.717) is 23.1 Å². The fraction of sp³-hybridized carbons (Fsp3) is 0.231. The Labute approximate surface area is 198 Å². The van der Waals surface area contributed by atoms with E-state index in [0.717, 1.165) is 22.3 Å². The molecule has 1 amide bonds. The monoisotopic (exact) mass is 461 g/mol. The Balaban J connectivity index is 1.51. The van der Waals surface area contributed by atoms with Crippen LogP contribution in [0.1, 0.15) is 11.4 Å². The summed E-state index contributed by atoms with van der Waals surface area (Å²) in [6, 6.07) is 20.8. The zero-order valence-corrected chi connectivity index (χ0v) is 19.4. The Morgan fingerprint density at radius 2 is 1.56 bits per heavy atom. The average molecular weight is 462 g/mol. The summed E-state index contributed by atoms with van der Waals surface area (Å²) in [5, 5.41) is 2.96. The lowest BCUT2D eigenvalue weighted by atomic mass is 10.1. The molecule has 1 heterocycles. The van der Waals surface area contributed by atoms with Crippen molar-refractivity contribution in [2.45, 2.75) is 19.7 Å². The van der Waals surface area contributed by atoms with Gasteiger partial charge in [0.1, 0.15) is 30.5 Å². The second kappa shape index (κ2) is 10.6. The van der Waals surface area contributed by atoms with Gasteiger partial charge >= 0.3 is 0 Å². The Hall–Kier alpha value is -4.20. The molecule has 0 unspecified atom stereocenters. The zero-order chi connectivity index (χ0) is 23.9. The maximum Gasteiger partial charge on any atom is 0.240 e. The number of amides is 1. The van der Waals surface area contributed by atoms with Crippen LogP contribution in [-0.2, 0) is 24.5 Å². The second-order valence-corrected chi connectivity index (χ2v) is 7.50. The van der Waals surface area contributed by atoms with Crippen molar-refractivity contribution in [3.63, 3.8) is 0 Å². The van der Waals surface area contributed by atoms with Crippen LogP contribution in [0.3, 0.4) is 0 Å². The highest BCUT2D eigenvalue weighted by molar-refractivity contribution is 5.81. The molecule has 0 spiro atoms. The van der Waals surface area contributed by atoms with E-state index < -0.39 is 0 Å². The van der Waals surface area contributed by atoms with Crippen LogP contribution in [0.4, 0.5) is 0 Å². The highest BCUT2D eigenvalue weighted by atomic mass is 16.5. The van der Waals surface area contributed by atoms with Crippen LogP contribution in [0.15, 0.2) is 66.7 Å². The molecule has 1 aromatic heterocycles. The van der Waals surface area contributed by atoms with Gasteiger partial charge in [-0.05, 0) is 30.3 Å². The lowest BCUT2D eigenvalue weighted by Gasteiger charge is -2.15. The average Bonchev–Trinajstić information content (AvgIpc) is 3.23. The van der Waals surface area contributed by atoms with Gasteiger partial charge < -0.3 is 28.8 Å². The number of nitrogens with one attached hydrogen (secondary N) is 1. The summed E-state index contributed by atoms with van der Waals surface area (Å²) < 4.78 is 23.9. The van der Waals surface area contributed by atoms with Gasteiger partial charge in [0.05, 0.1) is 32.4 Å².